The predicted octanol–water partition coefficient (Wildman–Crippen LogP) is 1.16. The van der Waals surface area contributed by atoms with E-state index < -0.39 is 0 Å². The molecule has 0 spiro atoms. The van der Waals surface area contributed by atoms with Crippen molar-refractivity contribution in [2.24, 2.45) is 0 Å². The molecule has 0 nitrogen and oxygen atoms in total. The number of hydrogen-bond acceptors (Lipinski definition) is 0. The van der Waals surface area contributed by atoms with Crippen LogP contribution in [0.5, 0.6) is 0 Å². The van der Waals surface area contributed by atoms with Crippen LogP contribution in [0.4, 0.5) is 0 Å². The summed E-state index contributed by atoms with van der Waals surface area (Å²) in [7, 11) is 0. The van der Waals surface area contributed by atoms with Crippen molar-refractivity contribution in [2.45, 2.75) is 0 Å². The number of benzene rings is 1. The summed E-state index contributed by atoms with van der Waals surface area (Å²) in [5.41, 5.74) is 1.08. The summed E-state index contributed by atoms with van der Waals surface area (Å²) in [4.78, 5) is 0. The van der Waals surface area contributed by atoms with Gasteiger partial charge in [0.2, 0.25) is 0 Å². The van der Waals surface area contributed by atoms with Gasteiger partial charge in [0.25, 0.3) is 0 Å². The fourth-order valence-electron chi connectivity index (χ4n) is 0.594. The Labute approximate surface area is 63.5 Å². The second-order valence-electron chi connectivity index (χ2n) is 1.62. The summed E-state index contributed by atoms with van der Waals surface area (Å²) >= 11 is 1.84. The molecule has 0 heterocycles. The summed E-state index contributed by atoms with van der Waals surface area (Å²) in [5.74, 6) is 2.96. The van der Waals surface area contributed by atoms with Crippen LogP contribution < -0.4 is 0 Å². The van der Waals surface area contributed by atoms with Gasteiger partial charge in [0, 0.05) is 0 Å². The Hall–Kier alpha value is -0.677. The van der Waals surface area contributed by atoms with Crippen molar-refractivity contribution in [3.63, 3.8) is 0 Å². The molecule has 0 aromatic heterocycles. The first kappa shape index (κ1) is 6.44. The topological polar surface area (TPSA) is 0 Å². The maximum atomic E-state index is 2.96. The number of hydrogen-bond donors (Lipinski definition) is 0. The van der Waals surface area contributed by atoms with Gasteiger partial charge in [0.15, 0.2) is 0 Å². The van der Waals surface area contributed by atoms with Gasteiger partial charge in [-0.05, 0) is 0 Å². The van der Waals surface area contributed by atoms with Crippen molar-refractivity contribution < 1.29 is 0 Å². The molecule has 0 aliphatic rings. The number of rotatable bonds is 0. The molecular formula is C8H5Ge. The normalized spacial score (nSPS) is 7.67. The Morgan fingerprint density at radius 3 is 2.33 bits per heavy atom. The van der Waals surface area contributed by atoms with E-state index in [1.807, 2.05) is 46.8 Å². The average molecular weight is 174 g/mol. The van der Waals surface area contributed by atoms with E-state index in [4.69, 9.17) is 0 Å². The second kappa shape index (κ2) is 3.37. The molecule has 3 radical (unpaired) electrons. The van der Waals surface area contributed by atoms with E-state index in [1.54, 1.807) is 0 Å². The minimum absolute atomic E-state index is 1.08. The standard InChI is InChI=1S/C8H5Ge/c9-7-6-8-4-2-1-3-5-8/h1-5H. The van der Waals surface area contributed by atoms with Gasteiger partial charge in [-0.3, -0.25) is 0 Å². The second-order valence-corrected chi connectivity index (χ2v) is 2.14. The van der Waals surface area contributed by atoms with Gasteiger partial charge in [-0.2, -0.15) is 0 Å². The molecule has 1 heteroatoms. The average Bonchev–Trinajstić information content (AvgIpc) is 1.91. The summed E-state index contributed by atoms with van der Waals surface area (Å²) < 4.78 is 2.83. The van der Waals surface area contributed by atoms with Crippen LogP contribution in [0.2, 0.25) is 0 Å². The van der Waals surface area contributed by atoms with Crippen LogP contribution in [-0.4, -0.2) is 16.5 Å². The molecular weight excluding hydrogens is 169 g/mol. The molecule has 0 aliphatic carbocycles. The van der Waals surface area contributed by atoms with Gasteiger partial charge in [-0.25, -0.2) is 0 Å². The molecule has 0 aliphatic heterocycles. The minimum atomic E-state index is 1.08. The third-order valence-electron chi connectivity index (χ3n) is 0.981. The van der Waals surface area contributed by atoms with E-state index in [-0.39, 0.29) is 0 Å². The summed E-state index contributed by atoms with van der Waals surface area (Å²) in [6.45, 7) is 0. The van der Waals surface area contributed by atoms with Crippen LogP contribution in [0.1, 0.15) is 5.56 Å². The van der Waals surface area contributed by atoms with Crippen molar-refractivity contribution in [2.75, 3.05) is 0 Å². The first-order valence-corrected chi connectivity index (χ1v) is 3.71. The van der Waals surface area contributed by atoms with Crippen molar-refractivity contribution >= 4 is 16.5 Å². The van der Waals surface area contributed by atoms with Gasteiger partial charge in [0.05, 0.1) is 0 Å². The molecule has 0 saturated carbocycles. The fraction of sp³-hybridized carbons (Fsp3) is 0. The van der Waals surface area contributed by atoms with Crippen molar-refractivity contribution in [3.8, 4) is 10.7 Å². The van der Waals surface area contributed by atoms with E-state index in [1.165, 1.54) is 0 Å². The SMILES string of the molecule is [Ge][C]#Cc1ccccc1. The molecule has 0 fully saturated rings. The Morgan fingerprint density at radius 2 is 1.78 bits per heavy atom. The Balaban J connectivity index is 2.94. The van der Waals surface area contributed by atoms with Crippen LogP contribution >= 0.6 is 0 Å². The first-order valence-electron chi connectivity index (χ1n) is 2.66. The molecule has 1 rings (SSSR count). The van der Waals surface area contributed by atoms with E-state index in [2.05, 4.69) is 10.7 Å². The molecule has 0 atom stereocenters. The monoisotopic (exact) mass is 175 g/mol. The fourth-order valence-corrected chi connectivity index (χ4v) is 0.896. The van der Waals surface area contributed by atoms with Crippen LogP contribution in [0.3, 0.4) is 0 Å². The van der Waals surface area contributed by atoms with Crippen molar-refractivity contribution in [1.82, 2.24) is 0 Å². The van der Waals surface area contributed by atoms with Crippen LogP contribution in [0.25, 0.3) is 0 Å². The molecule has 0 saturated heterocycles. The zero-order chi connectivity index (χ0) is 6.53. The molecule has 0 bridgehead atoms. The molecule has 41 valence electrons. The third kappa shape index (κ3) is 1.95. The summed E-state index contributed by atoms with van der Waals surface area (Å²) in [6, 6.07) is 9.95. The molecule has 0 N–H and O–H groups in total. The van der Waals surface area contributed by atoms with E-state index in [0.717, 1.165) is 5.56 Å². The molecule has 9 heavy (non-hydrogen) atoms. The molecule has 1 aromatic carbocycles. The van der Waals surface area contributed by atoms with Gasteiger partial charge in [-0.1, -0.05) is 0 Å². The molecule has 0 unspecified atom stereocenters. The molecule has 1 aromatic rings. The van der Waals surface area contributed by atoms with E-state index in [0.29, 0.717) is 0 Å². The van der Waals surface area contributed by atoms with Gasteiger partial charge < -0.3 is 0 Å². The predicted molar refractivity (Wildman–Crippen MR) is 39.1 cm³/mol. The Bertz CT molecular complexity index is 228. The first-order chi connectivity index (χ1) is 4.43. The van der Waals surface area contributed by atoms with E-state index in [9.17, 15) is 0 Å². The Morgan fingerprint density at radius 1 is 1.11 bits per heavy atom. The van der Waals surface area contributed by atoms with Crippen LogP contribution in [0, 0.1) is 10.7 Å². The quantitative estimate of drug-likeness (QED) is 0.408. The third-order valence-corrected chi connectivity index (χ3v) is 1.24. The van der Waals surface area contributed by atoms with E-state index >= 15 is 0 Å². The summed E-state index contributed by atoms with van der Waals surface area (Å²) in [5, 5.41) is 0. The Kier molecular flexibility index (Phi) is 2.41. The van der Waals surface area contributed by atoms with Gasteiger partial charge in [0.1, 0.15) is 0 Å². The zero-order valence-corrected chi connectivity index (χ0v) is 6.98. The van der Waals surface area contributed by atoms with Crippen LogP contribution in [-0.2, 0) is 0 Å². The van der Waals surface area contributed by atoms with Crippen molar-refractivity contribution in [1.29, 1.82) is 0 Å². The van der Waals surface area contributed by atoms with Crippen molar-refractivity contribution in [3.05, 3.63) is 35.9 Å². The van der Waals surface area contributed by atoms with Crippen LogP contribution in [0.15, 0.2) is 30.3 Å². The maximum absolute atomic E-state index is 2.96. The van der Waals surface area contributed by atoms with Gasteiger partial charge >= 0.3 is 63.1 Å². The van der Waals surface area contributed by atoms with Gasteiger partial charge in [-0.15, -0.1) is 0 Å². The zero-order valence-electron chi connectivity index (χ0n) is 4.89. The molecule has 0 amide bonds. The summed E-state index contributed by atoms with van der Waals surface area (Å²) in [6.07, 6.45) is 0.